The van der Waals surface area contributed by atoms with Gasteiger partial charge >= 0.3 is 5.97 Å². The van der Waals surface area contributed by atoms with Gasteiger partial charge in [-0.15, -0.1) is 0 Å². The Morgan fingerprint density at radius 1 is 1.18 bits per heavy atom. The van der Waals surface area contributed by atoms with E-state index in [-0.39, 0.29) is 35.4 Å². The average molecular weight is 578 g/mol. The molecule has 0 spiro atoms. The predicted octanol–water partition coefficient (Wildman–Crippen LogP) is 5.91. The number of nitrogens with zero attached hydrogens (tertiary/aromatic N) is 3. The minimum Gasteiger partial charge on any atom is -0.458 e. The molecule has 0 N–H and O–H groups in total. The highest BCUT2D eigenvalue weighted by molar-refractivity contribution is 7.92. The molecule has 1 saturated heterocycles. The van der Waals surface area contributed by atoms with Gasteiger partial charge in [-0.05, 0) is 54.4 Å². The molecule has 0 aliphatic carbocycles. The summed E-state index contributed by atoms with van der Waals surface area (Å²) in [6.45, 7) is 14.7. The van der Waals surface area contributed by atoms with Crippen LogP contribution in [0.15, 0.2) is 30.3 Å². The van der Waals surface area contributed by atoms with Crippen molar-refractivity contribution in [2.45, 2.75) is 83.7 Å². The zero-order valence-corrected chi connectivity index (χ0v) is 26.1. The summed E-state index contributed by atoms with van der Waals surface area (Å²) in [6, 6.07) is 5.83. The van der Waals surface area contributed by atoms with Gasteiger partial charge in [0.15, 0.2) is 8.32 Å². The van der Waals surface area contributed by atoms with Crippen molar-refractivity contribution in [1.82, 2.24) is 9.97 Å². The van der Waals surface area contributed by atoms with E-state index < -0.39 is 30.3 Å². The smallest absolute Gasteiger partial charge is 0.308 e. The van der Waals surface area contributed by atoms with Gasteiger partial charge in [-0.25, -0.2) is 27.1 Å². The maximum absolute atomic E-state index is 13.7. The van der Waals surface area contributed by atoms with Gasteiger partial charge in [0.1, 0.15) is 11.9 Å². The first-order chi connectivity index (χ1) is 17.9. The zero-order valence-electron chi connectivity index (χ0n) is 24.3. The molecule has 2 heterocycles. The molecule has 2 aromatic rings. The first kappa shape index (κ1) is 30.9. The number of benzene rings is 1. The summed E-state index contributed by atoms with van der Waals surface area (Å²) in [4.78, 5) is 21.7. The third-order valence-electron chi connectivity index (χ3n) is 7.32. The van der Waals surface area contributed by atoms with E-state index in [2.05, 4.69) is 43.8 Å². The van der Waals surface area contributed by atoms with Crippen LogP contribution in [0.3, 0.4) is 0 Å². The molecule has 0 radical (unpaired) electrons. The van der Waals surface area contributed by atoms with E-state index in [0.717, 1.165) is 10.6 Å². The normalized spacial score (nSPS) is 19.0. The Morgan fingerprint density at radius 3 is 2.33 bits per heavy atom. The quantitative estimate of drug-likeness (QED) is 0.284. The predicted molar refractivity (Wildman–Crippen MR) is 155 cm³/mol. The largest absolute Gasteiger partial charge is 0.458 e. The monoisotopic (exact) mass is 577 g/mol. The number of carbonyl (C=O) groups excluding carboxylic acids is 1. The van der Waals surface area contributed by atoms with Crippen LogP contribution in [-0.4, -0.2) is 58.2 Å². The fourth-order valence-electron chi connectivity index (χ4n) is 3.99. The molecule has 2 unspecified atom stereocenters. The first-order valence-corrected chi connectivity index (χ1v) is 17.8. The summed E-state index contributed by atoms with van der Waals surface area (Å²) in [5.74, 6) is -0.792. The van der Waals surface area contributed by atoms with Crippen molar-refractivity contribution >= 4 is 36.3 Å². The van der Waals surface area contributed by atoms with Crippen LogP contribution in [-0.2, 0) is 24.0 Å². The summed E-state index contributed by atoms with van der Waals surface area (Å²) < 4.78 is 51.5. The van der Waals surface area contributed by atoms with E-state index in [1.165, 1.54) is 19.2 Å². The van der Waals surface area contributed by atoms with Crippen molar-refractivity contribution in [3.63, 3.8) is 0 Å². The number of rotatable bonds is 8. The molecule has 1 aromatic carbocycles. The molecule has 214 valence electrons. The number of halogens is 1. The Labute approximate surface area is 232 Å². The number of aromatic nitrogens is 2. The highest BCUT2D eigenvalue weighted by atomic mass is 32.2. The lowest BCUT2D eigenvalue weighted by Gasteiger charge is -2.40. The average Bonchev–Trinajstić information content (AvgIpc) is 2.80. The van der Waals surface area contributed by atoms with E-state index in [0.29, 0.717) is 28.9 Å². The Bertz CT molecular complexity index is 1340. The number of hydrogen-bond donors (Lipinski definition) is 0. The molecule has 8 nitrogen and oxygen atoms in total. The van der Waals surface area contributed by atoms with E-state index in [4.69, 9.17) is 9.16 Å². The summed E-state index contributed by atoms with van der Waals surface area (Å²) >= 11 is 0. The maximum Gasteiger partial charge on any atom is 0.308 e. The van der Waals surface area contributed by atoms with E-state index in [9.17, 15) is 17.6 Å². The third kappa shape index (κ3) is 7.52. The van der Waals surface area contributed by atoms with Gasteiger partial charge in [-0.2, -0.15) is 0 Å². The van der Waals surface area contributed by atoms with Crippen LogP contribution in [0, 0.1) is 5.82 Å². The van der Waals surface area contributed by atoms with E-state index in [1.807, 2.05) is 19.9 Å². The molecule has 0 saturated carbocycles. The van der Waals surface area contributed by atoms with Gasteiger partial charge in [-0.1, -0.05) is 40.7 Å². The second kappa shape index (κ2) is 11.5. The van der Waals surface area contributed by atoms with E-state index >= 15 is 0 Å². The lowest BCUT2D eigenvalue weighted by atomic mass is 9.97. The fraction of sp³-hybridized carbons (Fsp3) is 0.536. The SMILES string of the molecule is CC(C)c1nc(N(C)S(C)(=O)=O)nc(-c2ccc(F)cc2)c1C=CC1CC(O[Si](C)(C)C(C)(C)C)CC(=O)O1. The molecule has 0 amide bonds. The highest BCUT2D eigenvalue weighted by Crippen LogP contribution is 2.39. The van der Waals surface area contributed by atoms with Crippen molar-refractivity contribution in [2.75, 3.05) is 17.6 Å². The molecular formula is C28H40FN3O5SSi. The van der Waals surface area contributed by atoms with Crippen molar-refractivity contribution in [2.24, 2.45) is 0 Å². The van der Waals surface area contributed by atoms with Gasteiger partial charge in [0.2, 0.25) is 16.0 Å². The van der Waals surface area contributed by atoms with Crippen LogP contribution in [0.1, 0.15) is 64.6 Å². The lowest BCUT2D eigenvalue weighted by Crippen LogP contribution is -2.46. The number of anilines is 1. The van der Waals surface area contributed by atoms with Crippen LogP contribution < -0.4 is 4.31 Å². The number of cyclic esters (lactones) is 1. The second-order valence-electron chi connectivity index (χ2n) is 11.9. The van der Waals surface area contributed by atoms with Crippen LogP contribution >= 0.6 is 0 Å². The third-order valence-corrected chi connectivity index (χ3v) is 13.0. The maximum atomic E-state index is 13.7. The van der Waals surface area contributed by atoms with E-state index in [1.54, 1.807) is 18.2 Å². The number of ether oxygens (including phenoxy) is 1. The van der Waals surface area contributed by atoms with Gasteiger partial charge in [0.05, 0.1) is 30.2 Å². The molecule has 1 aliphatic rings. The van der Waals surface area contributed by atoms with Gasteiger partial charge in [0.25, 0.3) is 0 Å². The Balaban J connectivity index is 2.06. The minimum atomic E-state index is -3.62. The molecule has 1 aliphatic heterocycles. The van der Waals surface area contributed by atoms with Crippen LogP contribution in [0.5, 0.6) is 0 Å². The topological polar surface area (TPSA) is 98.7 Å². The molecule has 39 heavy (non-hydrogen) atoms. The fourth-order valence-corrected chi connectivity index (χ4v) is 5.74. The lowest BCUT2D eigenvalue weighted by molar-refractivity contribution is -0.155. The number of hydrogen-bond acceptors (Lipinski definition) is 7. The van der Waals surface area contributed by atoms with Gasteiger partial charge < -0.3 is 9.16 Å². The van der Waals surface area contributed by atoms with Crippen LogP contribution in [0.25, 0.3) is 17.3 Å². The second-order valence-corrected chi connectivity index (χ2v) is 18.7. The highest BCUT2D eigenvalue weighted by Gasteiger charge is 2.41. The first-order valence-electron chi connectivity index (χ1n) is 13.1. The molecule has 0 bridgehead atoms. The summed E-state index contributed by atoms with van der Waals surface area (Å²) in [6.07, 6.45) is 4.67. The molecule has 1 aromatic heterocycles. The minimum absolute atomic E-state index is 0.00806. The standard InChI is InChI=1S/C28H40FN3O5SSi/c1-18(2)25-23(15-14-21-16-22(17-24(33)36-21)37-39(8,9)28(3,4)5)26(19-10-12-20(29)13-11-19)31-27(30-25)32(6)38(7,34)35/h10-15,18,21-22H,16-17H2,1-9H3. The molecule has 3 rings (SSSR count). The van der Waals surface area contributed by atoms with Gasteiger partial charge in [0, 0.05) is 24.6 Å². The molecule has 2 atom stereocenters. The summed E-state index contributed by atoms with van der Waals surface area (Å²) in [5, 5.41) is 0.00806. The van der Waals surface area contributed by atoms with Crippen LogP contribution in [0.2, 0.25) is 18.1 Å². The number of carbonyl (C=O) groups is 1. The number of sulfonamides is 1. The zero-order chi connectivity index (χ0) is 29.3. The van der Waals surface area contributed by atoms with Crippen molar-refractivity contribution in [1.29, 1.82) is 0 Å². The number of esters is 1. The Morgan fingerprint density at radius 2 is 1.79 bits per heavy atom. The Hall–Kier alpha value is -2.63. The summed E-state index contributed by atoms with van der Waals surface area (Å²) in [5.41, 5.74) is 2.31. The van der Waals surface area contributed by atoms with Crippen molar-refractivity contribution < 1.29 is 26.8 Å². The van der Waals surface area contributed by atoms with Crippen LogP contribution in [0.4, 0.5) is 10.3 Å². The summed E-state index contributed by atoms with van der Waals surface area (Å²) in [7, 11) is -4.32. The molecular weight excluding hydrogens is 537 g/mol. The van der Waals surface area contributed by atoms with Crippen molar-refractivity contribution in [3.8, 4) is 11.3 Å². The van der Waals surface area contributed by atoms with Gasteiger partial charge in [-0.3, -0.25) is 4.79 Å². The molecule has 1 fully saturated rings. The van der Waals surface area contributed by atoms with Crippen molar-refractivity contribution in [3.05, 3.63) is 47.4 Å². The Kier molecular flexibility index (Phi) is 9.08. The molecule has 11 heteroatoms.